The molecular formula is C23H28O5. The fraction of sp³-hybridized carbons (Fsp3) is 0.522. The average Bonchev–Trinajstić information content (AvgIpc) is 2.63. The maximum Gasteiger partial charge on any atom is 0.336 e. The highest BCUT2D eigenvalue weighted by molar-refractivity contribution is 5.97. The quantitative estimate of drug-likeness (QED) is 0.772. The van der Waals surface area contributed by atoms with Gasteiger partial charge in [0, 0.05) is 12.0 Å². The number of fused-ring (bicyclic) bond motifs is 6. The smallest absolute Gasteiger partial charge is 0.336 e. The van der Waals surface area contributed by atoms with Crippen molar-refractivity contribution >= 4 is 17.0 Å². The second kappa shape index (κ2) is 6.66. The normalized spacial score (nSPS) is 25.0. The van der Waals surface area contributed by atoms with Gasteiger partial charge in [0.25, 0.3) is 0 Å². The van der Waals surface area contributed by atoms with Crippen molar-refractivity contribution in [2.75, 3.05) is 0 Å². The summed E-state index contributed by atoms with van der Waals surface area (Å²) < 4.78 is 18.3. The van der Waals surface area contributed by atoms with Crippen molar-refractivity contribution in [1.82, 2.24) is 0 Å². The van der Waals surface area contributed by atoms with Gasteiger partial charge in [-0.2, -0.15) is 0 Å². The first-order chi connectivity index (χ1) is 13.3. The van der Waals surface area contributed by atoms with Crippen LogP contribution in [0.3, 0.4) is 0 Å². The minimum absolute atomic E-state index is 0.108. The molecule has 0 fully saturated rings. The number of aliphatic hydroxyl groups is 1. The van der Waals surface area contributed by atoms with E-state index in [-0.39, 0.29) is 12.0 Å². The van der Waals surface area contributed by atoms with Gasteiger partial charge >= 0.3 is 5.63 Å². The molecule has 2 aromatic rings. The van der Waals surface area contributed by atoms with Gasteiger partial charge in [0.2, 0.25) is 0 Å². The molecule has 4 rings (SSSR count). The highest BCUT2D eigenvalue weighted by Crippen LogP contribution is 2.52. The third-order valence-corrected chi connectivity index (χ3v) is 5.84. The highest BCUT2D eigenvalue weighted by Gasteiger charge is 2.40. The monoisotopic (exact) mass is 384 g/mol. The van der Waals surface area contributed by atoms with Crippen LogP contribution in [0.15, 0.2) is 21.4 Å². The summed E-state index contributed by atoms with van der Waals surface area (Å²) in [6.45, 7) is 10.1. The largest absolute Gasteiger partial charge is 0.489 e. The Hall–Kier alpha value is -2.27. The van der Waals surface area contributed by atoms with Gasteiger partial charge in [-0.1, -0.05) is 27.2 Å². The lowest BCUT2D eigenvalue weighted by molar-refractivity contribution is 0.00712. The third-order valence-electron chi connectivity index (χ3n) is 5.84. The van der Waals surface area contributed by atoms with Crippen molar-refractivity contribution in [3.05, 3.63) is 39.3 Å². The van der Waals surface area contributed by atoms with Crippen LogP contribution in [-0.2, 0) is 6.42 Å². The average molecular weight is 384 g/mol. The van der Waals surface area contributed by atoms with E-state index in [2.05, 4.69) is 6.92 Å². The number of aryl methyl sites for hydroxylation is 1. The topological polar surface area (TPSA) is 68.9 Å². The number of hydrogen-bond acceptors (Lipinski definition) is 5. The predicted molar refractivity (Wildman–Crippen MR) is 109 cm³/mol. The summed E-state index contributed by atoms with van der Waals surface area (Å²) >= 11 is 0. The number of hydrogen-bond donors (Lipinski definition) is 1. The van der Waals surface area contributed by atoms with Crippen molar-refractivity contribution < 1.29 is 19.0 Å². The number of ether oxygens (including phenoxy) is 2. The first-order valence-electron chi connectivity index (χ1n) is 10.2. The van der Waals surface area contributed by atoms with Gasteiger partial charge in [-0.25, -0.2) is 4.79 Å². The molecule has 5 heteroatoms. The van der Waals surface area contributed by atoms with Crippen LogP contribution in [0.4, 0.5) is 0 Å². The zero-order valence-electron chi connectivity index (χ0n) is 17.2. The standard InChI is InChI=1S/C23H28O5/c1-6-8-13-11-16(24)27-22-17(13)21-14(9-10-23(4,5)28-21)20-18(22)19(25)12(3)15(7-2)26-20/h9-12,15,19,25H,6-8H2,1-5H3/t12-,15-,19-/m1/s1. The summed E-state index contributed by atoms with van der Waals surface area (Å²) in [6.07, 6.45) is 5.51. The van der Waals surface area contributed by atoms with Crippen LogP contribution >= 0.6 is 0 Å². The van der Waals surface area contributed by atoms with E-state index in [0.717, 1.165) is 35.8 Å². The lowest BCUT2D eigenvalue weighted by Crippen LogP contribution is -2.35. The van der Waals surface area contributed by atoms with Crippen LogP contribution in [0, 0.1) is 5.92 Å². The molecule has 3 heterocycles. The number of aliphatic hydroxyl groups excluding tert-OH is 1. The fourth-order valence-electron chi connectivity index (χ4n) is 4.35. The Bertz CT molecular complexity index is 1010. The maximum atomic E-state index is 12.3. The molecule has 1 N–H and O–H groups in total. The highest BCUT2D eigenvalue weighted by atomic mass is 16.5. The van der Waals surface area contributed by atoms with E-state index < -0.39 is 17.3 Å². The minimum Gasteiger partial charge on any atom is -0.489 e. The first kappa shape index (κ1) is 19.1. The van der Waals surface area contributed by atoms with Gasteiger partial charge in [-0.05, 0) is 44.4 Å². The molecular weight excluding hydrogens is 356 g/mol. The van der Waals surface area contributed by atoms with Crippen molar-refractivity contribution in [2.45, 2.75) is 71.7 Å². The first-order valence-corrected chi connectivity index (χ1v) is 10.2. The van der Waals surface area contributed by atoms with E-state index in [4.69, 9.17) is 13.9 Å². The van der Waals surface area contributed by atoms with Crippen LogP contribution < -0.4 is 15.1 Å². The lowest BCUT2D eigenvalue weighted by atomic mass is 9.84. The van der Waals surface area contributed by atoms with Crippen LogP contribution in [0.1, 0.15) is 70.3 Å². The summed E-state index contributed by atoms with van der Waals surface area (Å²) in [4.78, 5) is 12.3. The molecule has 150 valence electrons. The molecule has 0 bridgehead atoms. The van der Waals surface area contributed by atoms with Gasteiger partial charge in [-0.15, -0.1) is 0 Å². The van der Waals surface area contributed by atoms with E-state index in [1.165, 1.54) is 0 Å². The SMILES string of the molecule is CCCc1cc(=O)oc2c3c(c4c(c12)OC(C)(C)C=C4)O[C@H](CC)[C@@H](C)[C@H]3O. The molecule has 1 aromatic heterocycles. The number of rotatable bonds is 3. The van der Waals surface area contributed by atoms with Crippen LogP contribution in [0.5, 0.6) is 11.5 Å². The Morgan fingerprint density at radius 2 is 1.96 bits per heavy atom. The summed E-state index contributed by atoms with van der Waals surface area (Å²) in [5, 5.41) is 11.9. The third kappa shape index (κ3) is 2.84. The summed E-state index contributed by atoms with van der Waals surface area (Å²) in [7, 11) is 0. The van der Waals surface area contributed by atoms with Crippen LogP contribution in [0.2, 0.25) is 0 Å². The number of benzene rings is 1. The van der Waals surface area contributed by atoms with Gasteiger partial charge in [-0.3, -0.25) is 0 Å². The van der Waals surface area contributed by atoms with Gasteiger partial charge in [0.15, 0.2) is 5.58 Å². The molecule has 0 spiro atoms. The fourth-order valence-corrected chi connectivity index (χ4v) is 4.35. The molecule has 2 aliphatic heterocycles. The summed E-state index contributed by atoms with van der Waals surface area (Å²) in [5.41, 5.74) is 1.76. The second-order valence-corrected chi connectivity index (χ2v) is 8.44. The van der Waals surface area contributed by atoms with Gasteiger partial charge in [0.1, 0.15) is 23.2 Å². The van der Waals surface area contributed by atoms with E-state index in [9.17, 15) is 9.90 Å². The Labute approximate surface area is 165 Å². The zero-order valence-corrected chi connectivity index (χ0v) is 17.2. The van der Waals surface area contributed by atoms with E-state index in [1.807, 2.05) is 39.8 Å². The molecule has 0 saturated carbocycles. The van der Waals surface area contributed by atoms with Crippen molar-refractivity contribution in [3.8, 4) is 11.5 Å². The zero-order chi connectivity index (χ0) is 20.2. The molecule has 1 aromatic carbocycles. The second-order valence-electron chi connectivity index (χ2n) is 8.44. The molecule has 3 atom stereocenters. The Balaban J connectivity index is 2.14. The summed E-state index contributed by atoms with van der Waals surface area (Å²) in [5.74, 6) is 1.14. The molecule has 28 heavy (non-hydrogen) atoms. The maximum absolute atomic E-state index is 12.3. The summed E-state index contributed by atoms with van der Waals surface area (Å²) in [6, 6.07) is 1.54. The Morgan fingerprint density at radius 3 is 2.64 bits per heavy atom. The minimum atomic E-state index is -0.773. The molecule has 0 saturated heterocycles. The molecule has 0 unspecified atom stereocenters. The van der Waals surface area contributed by atoms with E-state index in [0.29, 0.717) is 22.6 Å². The van der Waals surface area contributed by atoms with Crippen molar-refractivity contribution in [2.24, 2.45) is 5.92 Å². The Kier molecular flexibility index (Phi) is 4.53. The molecule has 5 nitrogen and oxygen atoms in total. The van der Waals surface area contributed by atoms with Crippen LogP contribution in [0.25, 0.3) is 17.0 Å². The van der Waals surface area contributed by atoms with Gasteiger partial charge < -0.3 is 19.0 Å². The molecule has 0 aliphatic carbocycles. The molecule has 0 amide bonds. The van der Waals surface area contributed by atoms with Crippen LogP contribution in [-0.4, -0.2) is 16.8 Å². The predicted octanol–water partition coefficient (Wildman–Crippen LogP) is 4.77. The molecule has 0 radical (unpaired) electrons. The van der Waals surface area contributed by atoms with Crippen molar-refractivity contribution in [3.63, 3.8) is 0 Å². The Morgan fingerprint density at radius 1 is 1.21 bits per heavy atom. The van der Waals surface area contributed by atoms with Gasteiger partial charge in [0.05, 0.1) is 22.6 Å². The van der Waals surface area contributed by atoms with Crippen molar-refractivity contribution in [1.29, 1.82) is 0 Å². The lowest BCUT2D eigenvalue weighted by Gasteiger charge is -2.38. The van der Waals surface area contributed by atoms with E-state index >= 15 is 0 Å². The van der Waals surface area contributed by atoms with E-state index in [1.54, 1.807) is 6.07 Å². The molecule has 2 aliphatic rings.